The van der Waals surface area contributed by atoms with Crippen LogP contribution in [0.5, 0.6) is 5.75 Å². The second kappa shape index (κ2) is 8.27. The molecule has 0 saturated carbocycles. The van der Waals surface area contributed by atoms with Gasteiger partial charge in [0.25, 0.3) is 5.91 Å². The number of fused-ring (bicyclic) bond motifs is 1. The van der Waals surface area contributed by atoms with Crippen molar-refractivity contribution in [3.8, 4) is 5.75 Å². The second-order valence-corrected chi connectivity index (χ2v) is 14.1. The van der Waals surface area contributed by atoms with E-state index in [9.17, 15) is 9.90 Å². The second-order valence-electron chi connectivity index (χ2n) is 9.34. The number of imidazole rings is 1. The van der Waals surface area contributed by atoms with E-state index in [0.29, 0.717) is 6.61 Å². The van der Waals surface area contributed by atoms with Crippen LogP contribution in [0.1, 0.15) is 43.7 Å². The zero-order valence-electron chi connectivity index (χ0n) is 18.4. The van der Waals surface area contributed by atoms with Crippen LogP contribution in [-0.2, 0) is 11.0 Å². The Bertz CT molecular complexity index is 1030. The van der Waals surface area contributed by atoms with Gasteiger partial charge in [-0.3, -0.25) is 4.79 Å². The molecule has 0 fully saturated rings. The fraction of sp³-hybridized carbons (Fsp3) is 0.455. The third kappa shape index (κ3) is 4.76. The van der Waals surface area contributed by atoms with Crippen molar-refractivity contribution in [1.82, 2.24) is 14.1 Å². The maximum atomic E-state index is 11.5. The van der Waals surface area contributed by atoms with Crippen molar-refractivity contribution in [2.45, 2.75) is 57.9 Å². The van der Waals surface area contributed by atoms with E-state index in [1.807, 2.05) is 22.9 Å². The average molecular weight is 429 g/mol. The highest BCUT2D eigenvalue weighted by Crippen LogP contribution is 2.37. The van der Waals surface area contributed by atoms with Gasteiger partial charge >= 0.3 is 0 Å². The Morgan fingerprint density at radius 3 is 2.67 bits per heavy atom. The van der Waals surface area contributed by atoms with Crippen LogP contribution in [0.3, 0.4) is 0 Å². The van der Waals surface area contributed by atoms with E-state index in [2.05, 4.69) is 43.4 Å². The molecule has 2 heterocycles. The molecule has 0 saturated heterocycles. The first-order valence-electron chi connectivity index (χ1n) is 10.2. The first-order chi connectivity index (χ1) is 14.0. The van der Waals surface area contributed by atoms with Crippen molar-refractivity contribution in [1.29, 1.82) is 0 Å². The smallest absolute Gasteiger partial charge is 0.268 e. The molecule has 0 spiro atoms. The summed E-state index contributed by atoms with van der Waals surface area (Å²) in [7, 11) is -1.92. The SMILES string of the molecule is CC(C)(C)[Si](C)(C)OC[C@@H](CCn1ccc2cc(O)ccc21)n1cnc(C(N)=O)c1. The molecule has 1 amide bonds. The fourth-order valence-electron chi connectivity index (χ4n) is 3.17. The Labute approximate surface area is 178 Å². The summed E-state index contributed by atoms with van der Waals surface area (Å²) in [4.78, 5) is 15.6. The van der Waals surface area contributed by atoms with E-state index in [-0.39, 0.29) is 22.5 Å². The van der Waals surface area contributed by atoms with Gasteiger partial charge < -0.3 is 24.4 Å². The topological polar surface area (TPSA) is 95.3 Å². The van der Waals surface area contributed by atoms with Crippen LogP contribution in [0.2, 0.25) is 18.1 Å². The van der Waals surface area contributed by atoms with Crippen molar-refractivity contribution in [2.75, 3.05) is 6.61 Å². The number of phenolic OH excluding ortho intramolecular Hbond substituents is 1. The summed E-state index contributed by atoms with van der Waals surface area (Å²) in [5, 5.41) is 10.8. The van der Waals surface area contributed by atoms with E-state index in [4.69, 9.17) is 10.2 Å². The molecule has 3 aromatic rings. The minimum absolute atomic E-state index is 0.0225. The molecule has 0 radical (unpaired) electrons. The number of hydrogen-bond acceptors (Lipinski definition) is 4. The molecule has 8 heteroatoms. The van der Waals surface area contributed by atoms with E-state index in [1.165, 1.54) is 0 Å². The summed E-state index contributed by atoms with van der Waals surface area (Å²) in [6.45, 7) is 12.4. The number of aromatic hydroxyl groups is 1. The lowest BCUT2D eigenvalue weighted by atomic mass is 10.2. The number of hydrogen-bond donors (Lipinski definition) is 2. The average Bonchev–Trinajstić information content (AvgIpc) is 3.28. The highest BCUT2D eigenvalue weighted by Gasteiger charge is 2.37. The lowest BCUT2D eigenvalue weighted by Gasteiger charge is -2.37. The lowest BCUT2D eigenvalue weighted by molar-refractivity contribution is 0.0995. The van der Waals surface area contributed by atoms with E-state index in [0.717, 1.165) is 23.9 Å². The number of amides is 1. The summed E-state index contributed by atoms with van der Waals surface area (Å²) in [5.41, 5.74) is 6.72. The van der Waals surface area contributed by atoms with Crippen molar-refractivity contribution < 1.29 is 14.3 Å². The van der Waals surface area contributed by atoms with Crippen molar-refractivity contribution in [3.63, 3.8) is 0 Å². The van der Waals surface area contributed by atoms with Gasteiger partial charge in [0.2, 0.25) is 0 Å². The molecule has 3 rings (SSSR count). The predicted octanol–water partition coefficient (Wildman–Crippen LogP) is 4.30. The highest BCUT2D eigenvalue weighted by molar-refractivity contribution is 6.74. The highest BCUT2D eigenvalue weighted by atomic mass is 28.4. The number of nitrogens with zero attached hydrogens (tertiary/aromatic N) is 3. The fourth-order valence-corrected chi connectivity index (χ4v) is 4.22. The first kappa shape index (κ1) is 22.1. The van der Waals surface area contributed by atoms with Crippen molar-refractivity contribution in [2.24, 2.45) is 5.73 Å². The molecule has 0 bridgehead atoms. The molecular weight excluding hydrogens is 396 g/mol. The summed E-state index contributed by atoms with van der Waals surface area (Å²) in [6.07, 6.45) is 6.19. The number of carbonyl (C=O) groups is 1. The summed E-state index contributed by atoms with van der Waals surface area (Å²) in [5.74, 6) is -0.271. The minimum Gasteiger partial charge on any atom is -0.508 e. The Kier molecular flexibility index (Phi) is 6.10. The van der Waals surface area contributed by atoms with Crippen LogP contribution >= 0.6 is 0 Å². The van der Waals surface area contributed by atoms with Gasteiger partial charge in [-0.1, -0.05) is 20.8 Å². The number of aryl methyl sites for hydroxylation is 1. The van der Waals surface area contributed by atoms with E-state index in [1.54, 1.807) is 24.7 Å². The zero-order valence-corrected chi connectivity index (χ0v) is 19.4. The summed E-state index contributed by atoms with van der Waals surface area (Å²) < 4.78 is 10.6. The molecule has 3 N–H and O–H groups in total. The molecule has 2 aromatic heterocycles. The number of primary amides is 1. The number of rotatable bonds is 8. The number of aromatic nitrogens is 3. The number of carbonyl (C=O) groups excluding carboxylic acids is 1. The van der Waals surface area contributed by atoms with Gasteiger partial charge in [-0.05, 0) is 48.8 Å². The number of nitrogens with two attached hydrogens (primary N) is 1. The maximum Gasteiger partial charge on any atom is 0.268 e. The molecule has 0 aliphatic rings. The Morgan fingerprint density at radius 2 is 2.03 bits per heavy atom. The van der Waals surface area contributed by atoms with Gasteiger partial charge in [0.1, 0.15) is 11.4 Å². The Balaban J connectivity index is 1.80. The van der Waals surface area contributed by atoms with Crippen LogP contribution in [0.15, 0.2) is 43.0 Å². The largest absolute Gasteiger partial charge is 0.508 e. The van der Waals surface area contributed by atoms with Crippen molar-refractivity contribution >= 4 is 25.1 Å². The van der Waals surface area contributed by atoms with Crippen molar-refractivity contribution in [3.05, 3.63) is 48.7 Å². The molecule has 1 atom stereocenters. The molecule has 0 unspecified atom stereocenters. The third-order valence-electron chi connectivity index (χ3n) is 6.18. The van der Waals surface area contributed by atoms with Gasteiger partial charge in [-0.15, -0.1) is 0 Å². The monoisotopic (exact) mass is 428 g/mol. The van der Waals surface area contributed by atoms with Gasteiger partial charge in [0, 0.05) is 29.8 Å². The predicted molar refractivity (Wildman–Crippen MR) is 121 cm³/mol. The molecule has 1 aromatic carbocycles. The van der Waals surface area contributed by atoms with E-state index >= 15 is 0 Å². The molecular formula is C22H32N4O3Si. The minimum atomic E-state index is -1.92. The van der Waals surface area contributed by atoms with Crippen LogP contribution < -0.4 is 5.73 Å². The van der Waals surface area contributed by atoms with Gasteiger partial charge in [-0.25, -0.2) is 4.98 Å². The van der Waals surface area contributed by atoms with Crippen LogP contribution in [-0.4, -0.2) is 40.1 Å². The van der Waals surface area contributed by atoms with Crippen LogP contribution in [0, 0.1) is 0 Å². The zero-order chi connectivity index (χ0) is 22.1. The van der Waals surface area contributed by atoms with Gasteiger partial charge in [0.15, 0.2) is 8.32 Å². The number of phenols is 1. The first-order valence-corrected chi connectivity index (χ1v) is 13.1. The summed E-state index contributed by atoms with van der Waals surface area (Å²) >= 11 is 0. The molecule has 30 heavy (non-hydrogen) atoms. The quantitative estimate of drug-likeness (QED) is 0.523. The summed E-state index contributed by atoms with van der Waals surface area (Å²) in [6, 6.07) is 7.41. The Hall–Kier alpha value is -2.58. The molecule has 0 aliphatic heterocycles. The maximum absolute atomic E-state index is 11.5. The molecule has 0 aliphatic carbocycles. The standard InChI is InChI=1S/C22H32N4O3Si/c1-22(2,3)30(4,5)29-14-17(26-13-19(21(23)28)24-15-26)9-11-25-10-8-16-12-18(27)6-7-20(16)25/h6-8,10,12-13,15,17,27H,9,11,14H2,1-5H3,(H2,23,28)/t17-/m1/s1. The van der Waals surface area contributed by atoms with Gasteiger partial charge in [0.05, 0.1) is 19.0 Å². The third-order valence-corrected chi connectivity index (χ3v) is 10.7. The lowest BCUT2D eigenvalue weighted by Crippen LogP contribution is -2.42. The molecule has 7 nitrogen and oxygen atoms in total. The Morgan fingerprint density at radius 1 is 1.30 bits per heavy atom. The van der Waals surface area contributed by atoms with Gasteiger partial charge in [-0.2, -0.15) is 0 Å². The number of benzene rings is 1. The van der Waals surface area contributed by atoms with Crippen LogP contribution in [0.25, 0.3) is 10.9 Å². The molecule has 162 valence electrons. The normalized spacial score (nSPS) is 13.6. The van der Waals surface area contributed by atoms with E-state index < -0.39 is 14.2 Å². The van der Waals surface area contributed by atoms with Crippen LogP contribution in [0.4, 0.5) is 0 Å².